The Kier molecular flexibility index (Phi) is 10.8. The van der Waals surface area contributed by atoms with Gasteiger partial charge in [0, 0.05) is 18.1 Å². The molecule has 3 aromatic carbocycles. The van der Waals surface area contributed by atoms with E-state index in [0.29, 0.717) is 41.6 Å². The number of sulfonamides is 1. The monoisotopic (exact) mass is 571 g/mol. The van der Waals surface area contributed by atoms with Crippen LogP contribution in [0.2, 0.25) is 5.02 Å². The van der Waals surface area contributed by atoms with Crippen LogP contribution in [0.4, 0.5) is 5.69 Å². The van der Waals surface area contributed by atoms with Crippen molar-refractivity contribution >= 4 is 39.1 Å². The first-order valence-corrected chi connectivity index (χ1v) is 14.7. The van der Waals surface area contributed by atoms with E-state index < -0.39 is 28.5 Å². The van der Waals surface area contributed by atoms with Crippen LogP contribution in [-0.4, -0.2) is 50.9 Å². The van der Waals surface area contributed by atoms with E-state index in [1.54, 1.807) is 80.6 Å². The Morgan fingerprint density at radius 3 is 2.15 bits per heavy atom. The predicted octanol–water partition coefficient (Wildman–Crippen LogP) is 4.88. The molecule has 2 amide bonds. The van der Waals surface area contributed by atoms with Crippen molar-refractivity contribution in [2.75, 3.05) is 24.0 Å². The summed E-state index contributed by atoms with van der Waals surface area (Å²) in [5.74, 6) is -0.285. The maximum atomic E-state index is 14.0. The lowest BCUT2D eigenvalue weighted by atomic mass is 10.1. The van der Waals surface area contributed by atoms with E-state index in [4.69, 9.17) is 16.3 Å². The van der Waals surface area contributed by atoms with Crippen LogP contribution in [0.1, 0.15) is 32.8 Å². The van der Waals surface area contributed by atoms with Crippen LogP contribution in [0.25, 0.3) is 0 Å². The van der Waals surface area contributed by atoms with Gasteiger partial charge in [-0.2, -0.15) is 0 Å². The normalized spacial score (nSPS) is 11.9. The molecule has 0 fully saturated rings. The highest BCUT2D eigenvalue weighted by Crippen LogP contribution is 2.27. The van der Waals surface area contributed by atoms with E-state index >= 15 is 0 Å². The second-order valence-electron chi connectivity index (χ2n) is 8.68. The second-order valence-corrected chi connectivity index (χ2v) is 11.0. The number of rotatable bonds is 13. The zero-order valence-corrected chi connectivity index (χ0v) is 23.9. The minimum atomic E-state index is -4.13. The molecule has 0 bridgehead atoms. The fourth-order valence-electron chi connectivity index (χ4n) is 4.15. The van der Waals surface area contributed by atoms with Gasteiger partial charge >= 0.3 is 0 Å². The molecule has 39 heavy (non-hydrogen) atoms. The van der Waals surface area contributed by atoms with Crippen LogP contribution < -0.4 is 14.4 Å². The summed E-state index contributed by atoms with van der Waals surface area (Å²) >= 11 is 6.40. The van der Waals surface area contributed by atoms with Gasteiger partial charge in [-0.15, -0.1) is 0 Å². The summed E-state index contributed by atoms with van der Waals surface area (Å²) in [7, 11) is -4.13. The topological polar surface area (TPSA) is 96.0 Å². The first kappa shape index (κ1) is 30.0. The van der Waals surface area contributed by atoms with Crippen LogP contribution >= 0.6 is 11.6 Å². The molecule has 3 aromatic rings. The lowest BCUT2D eigenvalue weighted by Crippen LogP contribution is -2.52. The molecule has 208 valence electrons. The fraction of sp³-hybridized carbons (Fsp3) is 0.310. The number of anilines is 1. The molecule has 0 aliphatic rings. The maximum absolute atomic E-state index is 14.0. The molecular formula is C29H34ClN3O5S. The summed E-state index contributed by atoms with van der Waals surface area (Å²) in [5, 5.41) is 3.23. The van der Waals surface area contributed by atoms with Gasteiger partial charge in [0.2, 0.25) is 11.8 Å². The summed E-state index contributed by atoms with van der Waals surface area (Å²) in [4.78, 5) is 28.4. The van der Waals surface area contributed by atoms with Crippen molar-refractivity contribution in [2.24, 2.45) is 0 Å². The first-order valence-electron chi connectivity index (χ1n) is 12.8. The number of nitrogens with zero attached hydrogens (tertiary/aromatic N) is 2. The van der Waals surface area contributed by atoms with Crippen molar-refractivity contribution in [2.45, 2.75) is 44.7 Å². The molecule has 10 heteroatoms. The van der Waals surface area contributed by atoms with Crippen molar-refractivity contribution < 1.29 is 22.7 Å². The number of amides is 2. The lowest BCUT2D eigenvalue weighted by molar-refractivity contribution is -0.140. The molecule has 0 saturated carbocycles. The Hall–Kier alpha value is -3.56. The average molecular weight is 572 g/mol. The van der Waals surface area contributed by atoms with Gasteiger partial charge in [0.1, 0.15) is 18.3 Å². The van der Waals surface area contributed by atoms with Gasteiger partial charge in [0.25, 0.3) is 10.0 Å². The molecule has 0 spiro atoms. The number of nitrogens with one attached hydrogen (secondary N) is 1. The molecular weight excluding hydrogens is 538 g/mol. The van der Waals surface area contributed by atoms with Gasteiger partial charge < -0.3 is 15.0 Å². The van der Waals surface area contributed by atoms with E-state index in [1.165, 1.54) is 17.0 Å². The molecule has 8 nitrogen and oxygen atoms in total. The van der Waals surface area contributed by atoms with Crippen molar-refractivity contribution in [3.63, 3.8) is 0 Å². The zero-order valence-electron chi connectivity index (χ0n) is 22.3. The Bertz CT molecular complexity index is 1350. The van der Waals surface area contributed by atoms with Crippen LogP contribution in [0, 0.1) is 0 Å². The van der Waals surface area contributed by atoms with Gasteiger partial charge in [-0.1, -0.05) is 54.9 Å². The Morgan fingerprint density at radius 2 is 1.56 bits per heavy atom. The van der Waals surface area contributed by atoms with Gasteiger partial charge in [-0.05, 0) is 68.3 Å². The number of ether oxygens (including phenoxy) is 1. The summed E-state index contributed by atoms with van der Waals surface area (Å²) < 4.78 is 34.2. The number of benzene rings is 3. The third-order valence-electron chi connectivity index (χ3n) is 6.08. The van der Waals surface area contributed by atoms with E-state index in [-0.39, 0.29) is 17.3 Å². The molecule has 0 saturated heterocycles. The predicted molar refractivity (Wildman–Crippen MR) is 153 cm³/mol. The molecule has 0 aliphatic heterocycles. The maximum Gasteiger partial charge on any atom is 0.264 e. The number of hydrogen-bond acceptors (Lipinski definition) is 5. The van der Waals surface area contributed by atoms with Crippen molar-refractivity contribution in [1.29, 1.82) is 0 Å². The molecule has 0 aromatic heterocycles. The van der Waals surface area contributed by atoms with E-state index in [2.05, 4.69) is 5.32 Å². The van der Waals surface area contributed by atoms with E-state index in [1.807, 2.05) is 6.92 Å². The molecule has 3 rings (SSSR count). The Balaban J connectivity index is 2.05. The van der Waals surface area contributed by atoms with Gasteiger partial charge in [-0.25, -0.2) is 8.42 Å². The van der Waals surface area contributed by atoms with E-state index in [0.717, 1.165) is 4.31 Å². The van der Waals surface area contributed by atoms with E-state index in [9.17, 15) is 18.0 Å². The molecule has 0 unspecified atom stereocenters. The lowest BCUT2D eigenvalue weighted by Gasteiger charge is -2.33. The number of carbonyl (C=O) groups excluding carboxylic acids is 2. The van der Waals surface area contributed by atoms with Crippen molar-refractivity contribution in [3.8, 4) is 5.75 Å². The van der Waals surface area contributed by atoms with Crippen LogP contribution in [-0.2, 0) is 26.2 Å². The van der Waals surface area contributed by atoms with Gasteiger partial charge in [0.15, 0.2) is 0 Å². The van der Waals surface area contributed by atoms with Crippen LogP contribution in [0.5, 0.6) is 5.75 Å². The smallest absolute Gasteiger partial charge is 0.264 e. The average Bonchev–Trinajstić information content (AvgIpc) is 2.94. The molecule has 0 aliphatic carbocycles. The fourth-order valence-corrected chi connectivity index (χ4v) is 5.78. The highest BCUT2D eigenvalue weighted by atomic mass is 35.5. The molecule has 1 N–H and O–H groups in total. The van der Waals surface area contributed by atoms with Crippen molar-refractivity contribution in [3.05, 3.63) is 89.4 Å². The third-order valence-corrected chi connectivity index (χ3v) is 8.24. The minimum absolute atomic E-state index is 0.0383. The Labute approximate surface area is 235 Å². The number of likely N-dealkylation sites (N-methyl/N-ethyl adjacent to an activating group) is 1. The number of halogens is 1. The summed E-state index contributed by atoms with van der Waals surface area (Å²) in [6.45, 7) is 5.82. The summed E-state index contributed by atoms with van der Waals surface area (Å²) in [6.07, 6.45) is 0.330. The van der Waals surface area contributed by atoms with Gasteiger partial charge in [-0.3, -0.25) is 13.9 Å². The summed E-state index contributed by atoms with van der Waals surface area (Å²) in [5.41, 5.74) is 0.938. The largest absolute Gasteiger partial charge is 0.494 e. The van der Waals surface area contributed by atoms with Gasteiger partial charge in [0.05, 0.1) is 17.2 Å². The molecule has 0 heterocycles. The van der Waals surface area contributed by atoms with Crippen LogP contribution in [0.3, 0.4) is 0 Å². The third kappa shape index (κ3) is 7.52. The SMILES string of the molecule is CCNC(=O)[C@@H](CC)N(Cc1ccccc1Cl)C(=O)CN(c1ccc(OCC)cc1)S(=O)(=O)c1ccccc1. The first-order chi connectivity index (χ1) is 18.7. The summed E-state index contributed by atoms with van der Waals surface area (Å²) in [6, 6.07) is 20.6. The molecule has 1 atom stereocenters. The van der Waals surface area contributed by atoms with Crippen LogP contribution in [0.15, 0.2) is 83.8 Å². The Morgan fingerprint density at radius 1 is 0.923 bits per heavy atom. The minimum Gasteiger partial charge on any atom is -0.494 e. The molecule has 0 radical (unpaired) electrons. The second kappa shape index (κ2) is 14.0. The number of carbonyl (C=O) groups is 2. The highest BCUT2D eigenvalue weighted by molar-refractivity contribution is 7.92. The zero-order chi connectivity index (χ0) is 28.4. The highest BCUT2D eigenvalue weighted by Gasteiger charge is 2.33. The standard InChI is InChI=1S/C29H34ClN3O5S/c1-4-27(29(35)31-5-2)32(20-22-12-10-11-15-26(22)30)28(34)21-33(23-16-18-24(19-17-23)38-6-3)39(36,37)25-13-8-7-9-14-25/h7-19,27H,4-6,20-21H2,1-3H3,(H,31,35)/t27-/m1/s1. The van der Waals surface area contributed by atoms with Crippen molar-refractivity contribution in [1.82, 2.24) is 10.2 Å². The quantitative estimate of drug-likeness (QED) is 0.315. The number of hydrogen-bond donors (Lipinski definition) is 1.